The van der Waals surface area contributed by atoms with Crippen LogP contribution in [0.1, 0.15) is 36.8 Å². The van der Waals surface area contributed by atoms with Crippen LogP contribution in [-0.4, -0.2) is 10.9 Å². The molecule has 1 heterocycles. The smallest absolute Gasteiger partial charge is 0.236 e. The van der Waals surface area contributed by atoms with Crippen LogP contribution in [0.25, 0.3) is 0 Å². The van der Waals surface area contributed by atoms with Crippen molar-refractivity contribution in [2.75, 3.05) is 5.32 Å². The zero-order valence-electron chi connectivity index (χ0n) is 12.6. The molecule has 1 fully saturated rings. The van der Waals surface area contributed by atoms with Gasteiger partial charge in [-0.05, 0) is 37.5 Å². The van der Waals surface area contributed by atoms with E-state index in [1.54, 1.807) is 30.5 Å². The highest BCUT2D eigenvalue weighted by Crippen LogP contribution is 2.42. The number of rotatable bonds is 3. The normalized spacial score (nSPS) is 16.5. The molecule has 0 unspecified atom stereocenters. The summed E-state index contributed by atoms with van der Waals surface area (Å²) < 4.78 is 14.2. The van der Waals surface area contributed by atoms with Crippen LogP contribution in [0.2, 0.25) is 0 Å². The van der Waals surface area contributed by atoms with Gasteiger partial charge in [-0.1, -0.05) is 37.1 Å². The Labute approximate surface area is 129 Å². The predicted octanol–water partition coefficient (Wildman–Crippen LogP) is 3.98. The molecular formula is C18H19FN2O. The molecule has 1 aliphatic rings. The largest absolute Gasteiger partial charge is 0.310 e. The molecule has 0 atom stereocenters. The van der Waals surface area contributed by atoms with E-state index in [9.17, 15) is 9.18 Å². The van der Waals surface area contributed by atoms with Crippen molar-refractivity contribution < 1.29 is 9.18 Å². The van der Waals surface area contributed by atoms with Crippen LogP contribution in [0.15, 0.2) is 42.6 Å². The molecular weight excluding hydrogens is 279 g/mol. The van der Waals surface area contributed by atoms with E-state index in [4.69, 9.17) is 0 Å². The van der Waals surface area contributed by atoms with Crippen molar-refractivity contribution in [3.05, 3.63) is 59.5 Å². The van der Waals surface area contributed by atoms with Gasteiger partial charge < -0.3 is 5.32 Å². The maximum atomic E-state index is 14.2. The second-order valence-corrected chi connectivity index (χ2v) is 5.94. The topological polar surface area (TPSA) is 42.0 Å². The Balaban J connectivity index is 1.92. The number of carbonyl (C=O) groups is 1. The molecule has 1 aliphatic carbocycles. The number of benzene rings is 1. The third-order valence-corrected chi connectivity index (χ3v) is 4.43. The first-order chi connectivity index (χ1) is 10.6. The second kappa shape index (κ2) is 5.87. The minimum Gasteiger partial charge on any atom is -0.310 e. The summed E-state index contributed by atoms with van der Waals surface area (Å²) in [5.74, 6) is 0.0427. The Kier molecular flexibility index (Phi) is 3.92. The van der Waals surface area contributed by atoms with Gasteiger partial charge in [-0.3, -0.25) is 4.79 Å². The molecule has 0 spiro atoms. The molecule has 2 aromatic rings. The monoisotopic (exact) mass is 298 g/mol. The number of hydrogen-bond acceptors (Lipinski definition) is 2. The Bertz CT molecular complexity index is 676. The van der Waals surface area contributed by atoms with Gasteiger partial charge in [0.25, 0.3) is 0 Å². The molecule has 4 heteroatoms. The number of halogens is 1. The Morgan fingerprint density at radius 1 is 1.18 bits per heavy atom. The minimum atomic E-state index is -0.780. The lowest BCUT2D eigenvalue weighted by molar-refractivity contribution is -0.121. The van der Waals surface area contributed by atoms with E-state index in [2.05, 4.69) is 10.3 Å². The molecule has 3 nitrogen and oxygen atoms in total. The molecule has 0 radical (unpaired) electrons. The second-order valence-electron chi connectivity index (χ2n) is 5.94. The number of nitrogens with one attached hydrogen (secondary N) is 1. The van der Waals surface area contributed by atoms with Crippen molar-refractivity contribution >= 4 is 11.7 Å². The van der Waals surface area contributed by atoms with E-state index in [1.165, 1.54) is 6.07 Å². The molecule has 0 bridgehead atoms. The highest BCUT2D eigenvalue weighted by molar-refractivity contribution is 5.98. The van der Waals surface area contributed by atoms with E-state index in [1.807, 2.05) is 13.0 Å². The number of aromatic nitrogens is 1. The van der Waals surface area contributed by atoms with Gasteiger partial charge in [0.1, 0.15) is 11.6 Å². The van der Waals surface area contributed by atoms with E-state index < -0.39 is 5.41 Å². The first-order valence-corrected chi connectivity index (χ1v) is 7.61. The molecule has 3 rings (SSSR count). The van der Waals surface area contributed by atoms with Gasteiger partial charge in [0.05, 0.1) is 5.41 Å². The van der Waals surface area contributed by atoms with E-state index >= 15 is 0 Å². The standard InChI is InChI=1S/C18H19FN2O/c1-13-8-9-16(20-12-13)21-17(22)18(10-4-5-11-18)14-6-2-3-7-15(14)19/h2-3,6-9,12H,4-5,10-11H2,1H3,(H,20,21,22). The van der Waals surface area contributed by atoms with Crippen LogP contribution in [0.5, 0.6) is 0 Å². The van der Waals surface area contributed by atoms with Crippen molar-refractivity contribution in [1.82, 2.24) is 4.98 Å². The minimum absolute atomic E-state index is 0.161. The van der Waals surface area contributed by atoms with Gasteiger partial charge in [-0.15, -0.1) is 0 Å². The number of anilines is 1. The maximum Gasteiger partial charge on any atom is 0.236 e. The van der Waals surface area contributed by atoms with Crippen LogP contribution in [-0.2, 0) is 10.2 Å². The summed E-state index contributed by atoms with van der Waals surface area (Å²) in [5, 5.41) is 2.86. The highest BCUT2D eigenvalue weighted by atomic mass is 19.1. The summed E-state index contributed by atoms with van der Waals surface area (Å²) in [6.07, 6.45) is 4.92. The number of pyridine rings is 1. The molecule has 1 amide bonds. The first-order valence-electron chi connectivity index (χ1n) is 7.61. The summed E-state index contributed by atoms with van der Waals surface area (Å²) in [7, 11) is 0. The predicted molar refractivity (Wildman–Crippen MR) is 84.1 cm³/mol. The zero-order valence-corrected chi connectivity index (χ0v) is 12.6. The summed E-state index contributed by atoms with van der Waals surface area (Å²) in [6, 6.07) is 10.3. The van der Waals surface area contributed by atoms with Crippen LogP contribution in [0.3, 0.4) is 0 Å². The van der Waals surface area contributed by atoms with Crippen LogP contribution in [0, 0.1) is 12.7 Å². The number of carbonyl (C=O) groups excluding carboxylic acids is 1. The molecule has 1 saturated carbocycles. The summed E-state index contributed by atoms with van der Waals surface area (Å²) in [4.78, 5) is 17.1. The van der Waals surface area contributed by atoms with Crippen molar-refractivity contribution in [1.29, 1.82) is 0 Å². The van der Waals surface area contributed by atoms with Gasteiger partial charge in [0.15, 0.2) is 0 Å². The fourth-order valence-electron chi connectivity index (χ4n) is 3.22. The Morgan fingerprint density at radius 2 is 1.91 bits per heavy atom. The summed E-state index contributed by atoms with van der Waals surface area (Å²) in [6.45, 7) is 1.94. The Morgan fingerprint density at radius 3 is 2.55 bits per heavy atom. The number of nitrogens with zero attached hydrogens (tertiary/aromatic N) is 1. The third kappa shape index (κ3) is 2.61. The van der Waals surface area contributed by atoms with Crippen molar-refractivity contribution in [2.24, 2.45) is 0 Å². The maximum absolute atomic E-state index is 14.2. The van der Waals surface area contributed by atoms with E-state index in [0.717, 1.165) is 18.4 Å². The molecule has 1 aromatic heterocycles. The quantitative estimate of drug-likeness (QED) is 0.931. The fraction of sp³-hybridized carbons (Fsp3) is 0.333. The first kappa shape index (κ1) is 14.7. The SMILES string of the molecule is Cc1ccc(NC(=O)C2(c3ccccc3F)CCCC2)nc1. The molecule has 1 aromatic carbocycles. The summed E-state index contributed by atoms with van der Waals surface area (Å²) >= 11 is 0. The lowest BCUT2D eigenvalue weighted by Gasteiger charge is -2.28. The van der Waals surface area contributed by atoms with Gasteiger partial charge >= 0.3 is 0 Å². The fourth-order valence-corrected chi connectivity index (χ4v) is 3.22. The van der Waals surface area contributed by atoms with Gasteiger partial charge in [0, 0.05) is 11.8 Å². The van der Waals surface area contributed by atoms with Gasteiger partial charge in [-0.25, -0.2) is 9.37 Å². The molecule has 1 N–H and O–H groups in total. The van der Waals surface area contributed by atoms with Gasteiger partial charge in [0.2, 0.25) is 5.91 Å². The number of aryl methyl sites for hydroxylation is 1. The molecule has 0 aliphatic heterocycles. The van der Waals surface area contributed by atoms with E-state index in [-0.39, 0.29) is 11.7 Å². The summed E-state index contributed by atoms with van der Waals surface area (Å²) in [5.41, 5.74) is 0.748. The average molecular weight is 298 g/mol. The van der Waals surface area contributed by atoms with Crippen molar-refractivity contribution in [2.45, 2.75) is 38.0 Å². The Hall–Kier alpha value is -2.23. The van der Waals surface area contributed by atoms with Crippen LogP contribution in [0.4, 0.5) is 10.2 Å². The molecule has 114 valence electrons. The van der Waals surface area contributed by atoms with E-state index in [0.29, 0.717) is 24.2 Å². The lowest BCUT2D eigenvalue weighted by atomic mass is 9.77. The van der Waals surface area contributed by atoms with Crippen molar-refractivity contribution in [3.8, 4) is 0 Å². The lowest BCUT2D eigenvalue weighted by Crippen LogP contribution is -2.39. The zero-order chi connectivity index (χ0) is 15.6. The van der Waals surface area contributed by atoms with Crippen molar-refractivity contribution in [3.63, 3.8) is 0 Å². The average Bonchev–Trinajstić information content (AvgIpc) is 3.01. The molecule has 0 saturated heterocycles. The molecule has 22 heavy (non-hydrogen) atoms. The number of amides is 1. The van der Waals surface area contributed by atoms with Crippen LogP contribution >= 0.6 is 0 Å². The number of hydrogen-bond donors (Lipinski definition) is 1. The highest BCUT2D eigenvalue weighted by Gasteiger charge is 2.44. The van der Waals surface area contributed by atoms with Crippen LogP contribution < -0.4 is 5.32 Å². The third-order valence-electron chi connectivity index (χ3n) is 4.43. The van der Waals surface area contributed by atoms with Gasteiger partial charge in [-0.2, -0.15) is 0 Å².